The molecule has 0 aliphatic carbocycles. The Morgan fingerprint density at radius 3 is 2.34 bits per heavy atom. The molecule has 9 heteroatoms. The van der Waals surface area contributed by atoms with Gasteiger partial charge < -0.3 is 24.5 Å². The molecular formula is C26H26ClN5O2S. The summed E-state index contributed by atoms with van der Waals surface area (Å²) in [5.74, 6) is 0. The summed E-state index contributed by atoms with van der Waals surface area (Å²) in [5.41, 5.74) is 5.00. The number of hydrogen-bond acceptors (Lipinski definition) is 6. The highest BCUT2D eigenvalue weighted by Gasteiger charge is 2.15. The fourth-order valence-electron chi connectivity index (χ4n) is 4.22. The minimum Gasteiger partial charge on any atom is -0.369 e. The van der Waals surface area contributed by atoms with E-state index in [1.165, 1.54) is 17.6 Å². The van der Waals surface area contributed by atoms with Crippen molar-refractivity contribution in [1.82, 2.24) is 14.9 Å². The average molecular weight is 508 g/mol. The van der Waals surface area contributed by atoms with Crippen molar-refractivity contribution in [2.75, 3.05) is 42.8 Å². The summed E-state index contributed by atoms with van der Waals surface area (Å²) in [4.78, 5) is 34.2. The molecule has 35 heavy (non-hydrogen) atoms. The van der Waals surface area contributed by atoms with Crippen LogP contribution in [0.2, 0.25) is 5.02 Å². The zero-order chi connectivity index (χ0) is 24.5. The first-order valence-electron chi connectivity index (χ1n) is 11.4. The topological polar surface area (TPSA) is 84.2 Å². The Morgan fingerprint density at radius 1 is 0.914 bits per heavy atom. The molecule has 0 bridgehead atoms. The number of fused-ring (bicyclic) bond motifs is 1. The number of aromatic amines is 2. The van der Waals surface area contributed by atoms with Crippen molar-refractivity contribution >= 4 is 46.0 Å². The number of H-pyrrole nitrogens is 2. The Morgan fingerprint density at radius 2 is 1.63 bits per heavy atom. The molecule has 0 saturated carbocycles. The Bertz CT molecular complexity index is 1510. The predicted molar refractivity (Wildman–Crippen MR) is 146 cm³/mol. The molecule has 0 unspecified atom stereocenters. The van der Waals surface area contributed by atoms with Gasteiger partial charge in [-0.1, -0.05) is 29.8 Å². The third-order valence-electron chi connectivity index (χ3n) is 6.29. The quantitative estimate of drug-likeness (QED) is 0.268. The number of aromatic nitrogens is 2. The van der Waals surface area contributed by atoms with Gasteiger partial charge in [-0.05, 0) is 73.4 Å². The van der Waals surface area contributed by atoms with Crippen LogP contribution < -0.4 is 20.7 Å². The van der Waals surface area contributed by atoms with Gasteiger partial charge in [0, 0.05) is 48.0 Å². The van der Waals surface area contributed by atoms with Crippen LogP contribution in [-0.4, -0.2) is 48.1 Å². The first-order chi connectivity index (χ1) is 16.9. The number of rotatable bonds is 5. The van der Waals surface area contributed by atoms with Crippen molar-refractivity contribution in [1.29, 1.82) is 0 Å². The van der Waals surface area contributed by atoms with Gasteiger partial charge in [-0.3, -0.25) is 9.59 Å². The molecule has 180 valence electrons. The summed E-state index contributed by atoms with van der Waals surface area (Å²) >= 11 is 8.13. The molecule has 0 amide bonds. The molecule has 1 aromatic heterocycles. The van der Waals surface area contributed by atoms with Crippen LogP contribution >= 0.6 is 23.5 Å². The van der Waals surface area contributed by atoms with Crippen molar-refractivity contribution in [3.05, 3.63) is 85.9 Å². The zero-order valence-corrected chi connectivity index (χ0v) is 21.1. The molecule has 3 aromatic carbocycles. The summed E-state index contributed by atoms with van der Waals surface area (Å²) in [6, 6.07) is 18.2. The highest BCUT2D eigenvalue weighted by Crippen LogP contribution is 2.34. The van der Waals surface area contributed by atoms with E-state index >= 15 is 0 Å². The molecule has 1 aliphatic rings. The number of halogens is 1. The lowest BCUT2D eigenvalue weighted by Crippen LogP contribution is -2.44. The smallest absolute Gasteiger partial charge is 0.314 e. The van der Waals surface area contributed by atoms with Crippen LogP contribution in [-0.2, 0) is 0 Å². The normalized spacial score (nSPS) is 14.4. The molecule has 0 atom stereocenters. The molecule has 1 fully saturated rings. The molecule has 7 nitrogen and oxygen atoms in total. The van der Waals surface area contributed by atoms with Crippen LogP contribution in [0.25, 0.3) is 22.2 Å². The third-order valence-corrected chi connectivity index (χ3v) is 7.60. The van der Waals surface area contributed by atoms with E-state index in [0.29, 0.717) is 16.1 Å². The molecule has 0 spiro atoms. The molecule has 1 saturated heterocycles. The lowest BCUT2D eigenvalue weighted by Gasteiger charge is -2.34. The van der Waals surface area contributed by atoms with Crippen molar-refractivity contribution in [3.63, 3.8) is 0 Å². The van der Waals surface area contributed by atoms with Crippen LogP contribution in [0.3, 0.4) is 0 Å². The summed E-state index contributed by atoms with van der Waals surface area (Å²) < 4.78 is 3.33. The van der Waals surface area contributed by atoms with Gasteiger partial charge in [0.25, 0.3) is 0 Å². The van der Waals surface area contributed by atoms with Crippen LogP contribution in [0.1, 0.15) is 5.56 Å². The van der Waals surface area contributed by atoms with Gasteiger partial charge in [0.1, 0.15) is 0 Å². The van der Waals surface area contributed by atoms with Crippen LogP contribution in [0.4, 0.5) is 11.4 Å². The fraction of sp³-hybridized carbons (Fsp3) is 0.231. The van der Waals surface area contributed by atoms with Gasteiger partial charge in [0.15, 0.2) is 0 Å². The molecule has 3 N–H and O–H groups in total. The lowest BCUT2D eigenvalue weighted by atomic mass is 10.0. The standard InChI is InChI=1S/C26H26ClN5O2S/c1-16-12-22-23(29-26(34)25(33)28-22)15-24(16)35-30-18-6-7-20(21(27)14-18)17-4-3-5-19(13-17)32-10-8-31(2)9-11-32/h3-7,12-15,30H,8-11H2,1-2H3,(H,28,33)(H,29,34). The molecule has 5 rings (SSSR count). The summed E-state index contributed by atoms with van der Waals surface area (Å²) in [5, 5.41) is 0.670. The van der Waals surface area contributed by atoms with Crippen LogP contribution in [0.15, 0.2) is 69.1 Å². The summed E-state index contributed by atoms with van der Waals surface area (Å²) in [7, 11) is 2.16. The third kappa shape index (κ3) is 5.10. The Balaban J connectivity index is 1.33. The monoisotopic (exact) mass is 507 g/mol. The largest absolute Gasteiger partial charge is 0.369 e. The predicted octanol–water partition coefficient (Wildman–Crippen LogP) is 4.72. The van der Waals surface area contributed by atoms with E-state index in [-0.39, 0.29) is 0 Å². The number of likely N-dealkylation sites (N-methyl/N-ethyl adjacent to an activating group) is 1. The maximum Gasteiger partial charge on any atom is 0.314 e. The van der Waals surface area contributed by atoms with E-state index in [1.54, 1.807) is 0 Å². The number of anilines is 2. The second kappa shape index (κ2) is 9.81. The first-order valence-corrected chi connectivity index (χ1v) is 12.6. The van der Waals surface area contributed by atoms with Crippen LogP contribution in [0, 0.1) is 6.92 Å². The number of piperazine rings is 1. The van der Waals surface area contributed by atoms with Crippen molar-refractivity contribution < 1.29 is 0 Å². The van der Waals surface area contributed by atoms with E-state index < -0.39 is 11.1 Å². The lowest BCUT2D eigenvalue weighted by molar-refractivity contribution is 0.313. The zero-order valence-electron chi connectivity index (χ0n) is 19.5. The van der Waals surface area contributed by atoms with Crippen LogP contribution in [0.5, 0.6) is 0 Å². The van der Waals surface area contributed by atoms with Gasteiger partial charge in [-0.15, -0.1) is 0 Å². The highest BCUT2D eigenvalue weighted by molar-refractivity contribution is 8.00. The second-order valence-corrected chi connectivity index (χ2v) is 10.1. The molecule has 4 aromatic rings. The Kier molecular flexibility index (Phi) is 6.60. The summed E-state index contributed by atoms with van der Waals surface area (Å²) in [6.07, 6.45) is 0. The molecule has 1 aliphatic heterocycles. The summed E-state index contributed by atoms with van der Waals surface area (Å²) in [6.45, 7) is 6.12. The fourth-order valence-corrected chi connectivity index (χ4v) is 5.27. The number of nitrogens with zero attached hydrogens (tertiary/aromatic N) is 2. The first kappa shape index (κ1) is 23.5. The van der Waals surface area contributed by atoms with Gasteiger partial charge in [0.05, 0.1) is 16.1 Å². The van der Waals surface area contributed by atoms with Crippen molar-refractivity contribution in [2.24, 2.45) is 0 Å². The molecular weight excluding hydrogens is 482 g/mol. The van der Waals surface area contributed by atoms with Crippen molar-refractivity contribution in [3.8, 4) is 11.1 Å². The molecule has 2 heterocycles. The highest BCUT2D eigenvalue weighted by atomic mass is 35.5. The Hall–Kier alpha value is -3.20. The number of aryl methyl sites for hydroxylation is 1. The number of benzene rings is 3. The van der Waals surface area contributed by atoms with E-state index in [4.69, 9.17) is 11.6 Å². The van der Waals surface area contributed by atoms with Crippen molar-refractivity contribution in [2.45, 2.75) is 11.8 Å². The maximum atomic E-state index is 11.7. The average Bonchev–Trinajstić information content (AvgIpc) is 2.84. The second-order valence-electron chi connectivity index (χ2n) is 8.81. The molecule has 0 radical (unpaired) electrons. The number of hydrogen-bond donors (Lipinski definition) is 3. The number of nitrogens with one attached hydrogen (secondary N) is 3. The maximum absolute atomic E-state index is 11.7. The van der Waals surface area contributed by atoms with E-state index in [0.717, 1.165) is 53.5 Å². The Labute approximate surface area is 212 Å². The van der Waals surface area contributed by atoms with Gasteiger partial charge in [-0.2, -0.15) is 0 Å². The minimum absolute atomic E-state index is 0.582. The van der Waals surface area contributed by atoms with E-state index in [1.807, 2.05) is 37.3 Å². The van der Waals surface area contributed by atoms with Gasteiger partial charge in [-0.25, -0.2) is 0 Å². The van der Waals surface area contributed by atoms with Gasteiger partial charge >= 0.3 is 11.1 Å². The van der Waals surface area contributed by atoms with Gasteiger partial charge in [0.2, 0.25) is 0 Å². The van der Waals surface area contributed by atoms with E-state index in [2.05, 4.69) is 55.8 Å². The minimum atomic E-state index is -0.663. The van der Waals surface area contributed by atoms with E-state index in [9.17, 15) is 9.59 Å². The SMILES string of the molecule is Cc1cc2[nH]c(=O)c(=O)[nH]c2cc1SNc1ccc(-c2cccc(N3CCN(C)CC3)c2)c(Cl)c1.